The van der Waals surface area contributed by atoms with Gasteiger partial charge in [0.25, 0.3) is 0 Å². The van der Waals surface area contributed by atoms with Gasteiger partial charge in [-0.2, -0.15) is 4.98 Å². The Morgan fingerprint density at radius 1 is 0.780 bits per heavy atom. The van der Waals surface area contributed by atoms with Crippen molar-refractivity contribution < 1.29 is 23.7 Å². The van der Waals surface area contributed by atoms with E-state index in [1.807, 2.05) is 48.8 Å². The molecule has 1 saturated heterocycles. The lowest BCUT2D eigenvalue weighted by atomic mass is 10.1. The zero-order valence-corrected chi connectivity index (χ0v) is 28.4. The number of aromatic nitrogens is 4. The van der Waals surface area contributed by atoms with Gasteiger partial charge in [0.2, 0.25) is 11.9 Å². The first-order chi connectivity index (χ1) is 24.5. The molecule has 0 bridgehead atoms. The molecule has 12 nitrogen and oxygen atoms in total. The Bertz CT molecular complexity index is 1870. The van der Waals surface area contributed by atoms with Crippen LogP contribution in [0.25, 0.3) is 11.3 Å². The number of carbonyl (C=O) groups excluding carboxylic acids is 1. The Balaban J connectivity index is 1.22. The molecule has 0 saturated carbocycles. The Morgan fingerprint density at radius 2 is 1.38 bits per heavy atom. The molecule has 2 aliphatic heterocycles. The summed E-state index contributed by atoms with van der Waals surface area (Å²) in [6.07, 6.45) is 4.46. The van der Waals surface area contributed by atoms with E-state index in [1.54, 1.807) is 26.4 Å². The number of hydrogen-bond donors (Lipinski definition) is 0. The highest BCUT2D eigenvalue weighted by Gasteiger charge is 2.30. The third kappa shape index (κ3) is 7.01. The zero-order valence-electron chi connectivity index (χ0n) is 28.4. The lowest BCUT2D eigenvalue weighted by Gasteiger charge is -2.28. The standard InChI is InChI=1S/C38H39N7O5/c1-47-31-12-4-26(5-13-31)24-44(25-27-6-14-32(48-2)15-7-27)37-39-22-29(23-40-37)34-33-16-17-45(30-10-8-28(9-11-30)36(46)49-3)35(33)42-38(41-34)43-18-20-50-21-19-43/h4-15,22-23H,16-21,24-25H2,1-3H3. The average Bonchev–Trinajstić information content (AvgIpc) is 3.62. The fourth-order valence-electron chi connectivity index (χ4n) is 6.24. The maximum atomic E-state index is 12.1. The van der Waals surface area contributed by atoms with E-state index in [9.17, 15) is 4.79 Å². The largest absolute Gasteiger partial charge is 0.497 e. The molecule has 2 aliphatic rings. The molecular formula is C38H39N7O5. The van der Waals surface area contributed by atoms with Crippen LogP contribution in [0.2, 0.25) is 0 Å². The maximum absolute atomic E-state index is 12.1. The van der Waals surface area contributed by atoms with E-state index in [-0.39, 0.29) is 5.97 Å². The van der Waals surface area contributed by atoms with Crippen LogP contribution < -0.4 is 24.2 Å². The van der Waals surface area contributed by atoms with Crippen molar-refractivity contribution in [3.63, 3.8) is 0 Å². The summed E-state index contributed by atoms with van der Waals surface area (Å²) in [5.41, 5.74) is 6.31. The molecule has 0 atom stereocenters. The van der Waals surface area contributed by atoms with E-state index >= 15 is 0 Å². The number of hydrogen-bond acceptors (Lipinski definition) is 12. The van der Waals surface area contributed by atoms with E-state index < -0.39 is 0 Å². The molecule has 0 amide bonds. The van der Waals surface area contributed by atoms with Gasteiger partial charge in [-0.15, -0.1) is 0 Å². The number of morpholine rings is 1. The molecule has 5 aromatic rings. The molecule has 0 unspecified atom stereocenters. The second-order valence-electron chi connectivity index (χ2n) is 12.0. The van der Waals surface area contributed by atoms with E-state index in [0.29, 0.717) is 56.9 Å². The van der Waals surface area contributed by atoms with Crippen LogP contribution in [0.4, 0.5) is 23.4 Å². The van der Waals surface area contributed by atoms with E-state index in [1.165, 1.54) is 7.11 Å². The van der Waals surface area contributed by atoms with Gasteiger partial charge in [-0.3, -0.25) is 0 Å². The maximum Gasteiger partial charge on any atom is 0.337 e. The molecule has 50 heavy (non-hydrogen) atoms. The van der Waals surface area contributed by atoms with Crippen molar-refractivity contribution in [2.24, 2.45) is 0 Å². The SMILES string of the molecule is COC(=O)c1ccc(N2CCc3c(-c4cnc(N(Cc5ccc(OC)cc5)Cc5ccc(OC)cc5)nc4)nc(N4CCOCC4)nc32)cc1. The van der Waals surface area contributed by atoms with E-state index in [0.717, 1.165) is 63.9 Å². The fraction of sp³-hybridized carbons (Fsp3) is 0.289. The molecule has 0 N–H and O–H groups in total. The predicted molar refractivity (Wildman–Crippen MR) is 190 cm³/mol. The number of benzene rings is 3. The molecule has 0 spiro atoms. The second kappa shape index (κ2) is 14.8. The normalized spacial score (nSPS) is 13.9. The molecule has 3 aromatic carbocycles. The molecular weight excluding hydrogens is 634 g/mol. The lowest BCUT2D eigenvalue weighted by Crippen LogP contribution is -2.37. The number of methoxy groups -OCH3 is 3. The van der Waals surface area contributed by atoms with Gasteiger partial charge in [-0.25, -0.2) is 19.7 Å². The number of fused-ring (bicyclic) bond motifs is 1. The first-order valence-corrected chi connectivity index (χ1v) is 16.6. The number of ether oxygens (including phenoxy) is 4. The minimum Gasteiger partial charge on any atom is -0.497 e. The van der Waals surface area contributed by atoms with Gasteiger partial charge in [-0.05, 0) is 66.1 Å². The topological polar surface area (TPSA) is 115 Å². The number of carbonyl (C=O) groups is 1. The van der Waals surface area contributed by atoms with Crippen LogP contribution in [0.5, 0.6) is 11.5 Å². The van der Waals surface area contributed by atoms with Crippen molar-refractivity contribution in [3.05, 3.63) is 107 Å². The predicted octanol–water partition coefficient (Wildman–Crippen LogP) is 5.48. The average molecular weight is 674 g/mol. The highest BCUT2D eigenvalue weighted by atomic mass is 16.5. The molecule has 12 heteroatoms. The third-order valence-corrected chi connectivity index (χ3v) is 8.97. The quantitative estimate of drug-likeness (QED) is 0.166. The van der Waals surface area contributed by atoms with Gasteiger partial charge in [0.15, 0.2) is 0 Å². The molecule has 2 aromatic heterocycles. The van der Waals surface area contributed by atoms with Crippen molar-refractivity contribution in [1.29, 1.82) is 0 Å². The summed E-state index contributed by atoms with van der Waals surface area (Å²) >= 11 is 0. The Hall–Kier alpha value is -5.75. The van der Waals surface area contributed by atoms with Crippen LogP contribution in [-0.4, -0.2) is 80.1 Å². The van der Waals surface area contributed by atoms with Gasteiger partial charge in [0, 0.05) is 61.9 Å². The summed E-state index contributed by atoms with van der Waals surface area (Å²) in [6, 6.07) is 23.5. The fourth-order valence-corrected chi connectivity index (χ4v) is 6.24. The molecule has 7 rings (SSSR count). The van der Waals surface area contributed by atoms with Gasteiger partial charge in [-0.1, -0.05) is 24.3 Å². The minimum atomic E-state index is -0.368. The molecule has 0 aliphatic carbocycles. The summed E-state index contributed by atoms with van der Waals surface area (Å²) in [5.74, 6) is 3.33. The van der Waals surface area contributed by atoms with Crippen molar-refractivity contribution in [1.82, 2.24) is 19.9 Å². The Morgan fingerprint density at radius 3 is 1.94 bits per heavy atom. The van der Waals surface area contributed by atoms with Crippen molar-refractivity contribution in [2.75, 3.05) is 68.9 Å². The highest BCUT2D eigenvalue weighted by Crippen LogP contribution is 2.39. The number of esters is 1. The first-order valence-electron chi connectivity index (χ1n) is 16.6. The highest BCUT2D eigenvalue weighted by molar-refractivity contribution is 5.90. The molecule has 1 fully saturated rings. The summed E-state index contributed by atoms with van der Waals surface area (Å²) in [7, 11) is 4.71. The number of rotatable bonds is 11. The van der Waals surface area contributed by atoms with Gasteiger partial charge in [0.05, 0.1) is 45.8 Å². The van der Waals surface area contributed by atoms with E-state index in [4.69, 9.17) is 38.9 Å². The number of anilines is 4. The van der Waals surface area contributed by atoms with Crippen molar-refractivity contribution in [2.45, 2.75) is 19.5 Å². The van der Waals surface area contributed by atoms with Crippen molar-refractivity contribution in [3.8, 4) is 22.8 Å². The second-order valence-corrected chi connectivity index (χ2v) is 12.0. The third-order valence-electron chi connectivity index (χ3n) is 8.97. The lowest BCUT2D eigenvalue weighted by molar-refractivity contribution is 0.0600. The van der Waals surface area contributed by atoms with Gasteiger partial charge >= 0.3 is 5.97 Å². The minimum absolute atomic E-state index is 0.368. The van der Waals surface area contributed by atoms with Gasteiger partial charge in [0.1, 0.15) is 17.3 Å². The van der Waals surface area contributed by atoms with Crippen LogP contribution in [0, 0.1) is 0 Å². The van der Waals surface area contributed by atoms with Crippen LogP contribution in [0.15, 0.2) is 85.2 Å². The molecule has 0 radical (unpaired) electrons. The Labute approximate surface area is 291 Å². The number of nitrogens with zero attached hydrogens (tertiary/aromatic N) is 7. The molecule has 4 heterocycles. The zero-order chi connectivity index (χ0) is 34.5. The van der Waals surface area contributed by atoms with Crippen LogP contribution in [0.3, 0.4) is 0 Å². The van der Waals surface area contributed by atoms with Crippen LogP contribution in [0.1, 0.15) is 27.0 Å². The van der Waals surface area contributed by atoms with Crippen molar-refractivity contribution >= 4 is 29.4 Å². The summed E-state index contributed by atoms with van der Waals surface area (Å²) < 4.78 is 21.3. The van der Waals surface area contributed by atoms with Crippen LogP contribution in [-0.2, 0) is 29.0 Å². The van der Waals surface area contributed by atoms with E-state index in [2.05, 4.69) is 39.0 Å². The summed E-state index contributed by atoms with van der Waals surface area (Å²) in [6.45, 7) is 4.55. The van der Waals surface area contributed by atoms with Crippen LogP contribution >= 0.6 is 0 Å². The van der Waals surface area contributed by atoms with Gasteiger partial charge < -0.3 is 33.6 Å². The first kappa shape index (κ1) is 32.8. The summed E-state index contributed by atoms with van der Waals surface area (Å²) in [4.78, 5) is 38.6. The summed E-state index contributed by atoms with van der Waals surface area (Å²) in [5, 5.41) is 0. The Kier molecular flexibility index (Phi) is 9.70. The molecule has 256 valence electrons. The smallest absolute Gasteiger partial charge is 0.337 e. The monoisotopic (exact) mass is 673 g/mol.